The van der Waals surface area contributed by atoms with E-state index in [0.717, 1.165) is 31.4 Å². The minimum absolute atomic E-state index is 0.436. The second-order valence-corrected chi connectivity index (χ2v) is 8.19. The van der Waals surface area contributed by atoms with Crippen molar-refractivity contribution in [1.82, 2.24) is 8.61 Å². The molecule has 1 aliphatic heterocycles. The first kappa shape index (κ1) is 17.2. The molecule has 0 saturated carbocycles. The van der Waals surface area contributed by atoms with Gasteiger partial charge in [-0.15, -0.1) is 0 Å². The van der Waals surface area contributed by atoms with E-state index in [4.69, 9.17) is 4.74 Å². The van der Waals surface area contributed by atoms with Gasteiger partial charge in [-0.25, -0.2) is 0 Å². The van der Waals surface area contributed by atoms with E-state index in [-0.39, 0.29) is 0 Å². The van der Waals surface area contributed by atoms with E-state index in [2.05, 4.69) is 12.1 Å². The van der Waals surface area contributed by atoms with Gasteiger partial charge < -0.3 is 4.74 Å². The highest BCUT2D eigenvalue weighted by molar-refractivity contribution is 7.86. The summed E-state index contributed by atoms with van der Waals surface area (Å²) in [5.74, 6) is 1.30. The number of nitrogens with zero attached hydrogens (tertiary/aromatic N) is 2. The summed E-state index contributed by atoms with van der Waals surface area (Å²) in [6.07, 6.45) is 4.05. The molecular weight excluding hydrogens is 300 g/mol. The van der Waals surface area contributed by atoms with E-state index in [1.165, 1.54) is 9.87 Å². The Balaban J connectivity index is 1.90. The average Bonchev–Trinajstić information content (AvgIpc) is 2.53. The zero-order valence-corrected chi connectivity index (χ0v) is 14.5. The summed E-state index contributed by atoms with van der Waals surface area (Å²) in [5.41, 5.74) is 1.27. The topological polar surface area (TPSA) is 49.9 Å². The fraction of sp³-hybridized carbons (Fsp3) is 0.625. The predicted octanol–water partition coefficient (Wildman–Crippen LogP) is 2.15. The lowest BCUT2D eigenvalue weighted by molar-refractivity contribution is 0.246. The van der Waals surface area contributed by atoms with Crippen molar-refractivity contribution in [1.29, 1.82) is 0 Å². The second kappa shape index (κ2) is 7.44. The van der Waals surface area contributed by atoms with Gasteiger partial charge >= 0.3 is 0 Å². The quantitative estimate of drug-likeness (QED) is 0.805. The van der Waals surface area contributed by atoms with Crippen molar-refractivity contribution in [2.75, 3.05) is 34.3 Å². The number of rotatable bonds is 6. The van der Waals surface area contributed by atoms with Crippen molar-refractivity contribution in [3.63, 3.8) is 0 Å². The largest absolute Gasteiger partial charge is 0.497 e. The molecule has 0 radical (unpaired) electrons. The van der Waals surface area contributed by atoms with E-state index >= 15 is 0 Å². The number of aryl methyl sites for hydroxylation is 1. The molecule has 0 N–H and O–H groups in total. The summed E-state index contributed by atoms with van der Waals surface area (Å²) >= 11 is 0. The Bertz CT molecular complexity index is 570. The SMILES string of the molecule is COc1ccc(CCC2CCCN(S(=O)(=O)N(C)C)C2)cc1. The van der Waals surface area contributed by atoms with E-state index < -0.39 is 10.2 Å². The number of hydrogen-bond donors (Lipinski definition) is 0. The van der Waals surface area contributed by atoms with Gasteiger partial charge in [0.1, 0.15) is 5.75 Å². The zero-order valence-electron chi connectivity index (χ0n) is 13.7. The smallest absolute Gasteiger partial charge is 0.281 e. The molecule has 0 aromatic heterocycles. The molecule has 1 atom stereocenters. The molecule has 1 fully saturated rings. The molecule has 6 heteroatoms. The van der Waals surface area contributed by atoms with Crippen LogP contribution in [0.4, 0.5) is 0 Å². The minimum atomic E-state index is -3.27. The van der Waals surface area contributed by atoms with Crippen molar-refractivity contribution < 1.29 is 13.2 Å². The molecule has 1 aliphatic rings. The lowest BCUT2D eigenvalue weighted by Gasteiger charge is -2.33. The monoisotopic (exact) mass is 326 g/mol. The maximum Gasteiger partial charge on any atom is 0.281 e. The third-order valence-corrected chi connectivity index (χ3v) is 6.18. The van der Waals surface area contributed by atoms with E-state index in [0.29, 0.717) is 19.0 Å². The first-order valence-corrected chi connectivity index (χ1v) is 9.13. The standard InChI is InChI=1S/C16H26N2O3S/c1-17(2)22(19,20)18-12-4-5-15(13-18)7-6-14-8-10-16(21-3)11-9-14/h8-11,15H,4-7,12-13H2,1-3H3. The van der Waals surface area contributed by atoms with Crippen LogP contribution in [0.15, 0.2) is 24.3 Å². The highest BCUT2D eigenvalue weighted by Crippen LogP contribution is 2.24. The van der Waals surface area contributed by atoms with Crippen LogP contribution in [-0.4, -0.2) is 51.3 Å². The third-order valence-electron chi connectivity index (χ3n) is 4.27. The van der Waals surface area contributed by atoms with E-state index in [9.17, 15) is 8.42 Å². The summed E-state index contributed by atoms with van der Waals surface area (Å²) in [7, 11) is 1.58. The van der Waals surface area contributed by atoms with Crippen LogP contribution in [0.5, 0.6) is 5.75 Å². The molecule has 0 bridgehead atoms. The molecule has 124 valence electrons. The van der Waals surface area contributed by atoms with Crippen LogP contribution in [0.3, 0.4) is 0 Å². The summed E-state index contributed by atoms with van der Waals surface area (Å²) in [6.45, 7) is 1.27. The Kier molecular flexibility index (Phi) is 5.83. The van der Waals surface area contributed by atoms with Gasteiger partial charge in [0.15, 0.2) is 0 Å². The Morgan fingerprint density at radius 3 is 2.55 bits per heavy atom. The molecule has 2 rings (SSSR count). The fourth-order valence-corrected chi connectivity index (χ4v) is 4.09. The molecule has 1 aromatic rings. The van der Waals surface area contributed by atoms with Gasteiger partial charge in [-0.05, 0) is 49.3 Å². The Morgan fingerprint density at radius 1 is 1.27 bits per heavy atom. The number of hydrogen-bond acceptors (Lipinski definition) is 3. The van der Waals surface area contributed by atoms with Crippen molar-refractivity contribution in [3.05, 3.63) is 29.8 Å². The van der Waals surface area contributed by atoms with E-state index in [1.54, 1.807) is 25.5 Å². The summed E-state index contributed by atoms with van der Waals surface area (Å²) in [5, 5.41) is 0. The van der Waals surface area contributed by atoms with Crippen LogP contribution in [0, 0.1) is 5.92 Å². The van der Waals surface area contributed by atoms with Crippen LogP contribution >= 0.6 is 0 Å². The summed E-state index contributed by atoms with van der Waals surface area (Å²) < 4.78 is 32.5. The summed E-state index contributed by atoms with van der Waals surface area (Å²) in [6, 6.07) is 8.10. The van der Waals surface area contributed by atoms with Gasteiger partial charge in [-0.1, -0.05) is 12.1 Å². The maximum atomic E-state index is 12.2. The number of methoxy groups -OCH3 is 1. The van der Waals surface area contributed by atoms with Crippen LogP contribution in [-0.2, 0) is 16.6 Å². The van der Waals surface area contributed by atoms with Gasteiger partial charge in [-0.3, -0.25) is 0 Å². The van der Waals surface area contributed by atoms with Crippen molar-refractivity contribution in [2.24, 2.45) is 5.92 Å². The molecule has 0 amide bonds. The average molecular weight is 326 g/mol. The summed E-state index contributed by atoms with van der Waals surface area (Å²) in [4.78, 5) is 0. The molecule has 1 aromatic carbocycles. The Hall–Kier alpha value is -1.11. The maximum absolute atomic E-state index is 12.2. The molecule has 1 unspecified atom stereocenters. The lowest BCUT2D eigenvalue weighted by Crippen LogP contribution is -2.45. The molecule has 1 saturated heterocycles. The van der Waals surface area contributed by atoms with Gasteiger partial charge in [0.2, 0.25) is 0 Å². The molecule has 0 spiro atoms. The zero-order chi connectivity index (χ0) is 16.2. The highest BCUT2D eigenvalue weighted by atomic mass is 32.2. The molecule has 0 aliphatic carbocycles. The van der Waals surface area contributed by atoms with Crippen molar-refractivity contribution in [2.45, 2.75) is 25.7 Å². The molecule has 22 heavy (non-hydrogen) atoms. The first-order chi connectivity index (χ1) is 10.4. The lowest BCUT2D eigenvalue weighted by atomic mass is 9.93. The van der Waals surface area contributed by atoms with Crippen LogP contribution in [0.25, 0.3) is 0 Å². The number of piperidine rings is 1. The van der Waals surface area contributed by atoms with Crippen LogP contribution in [0.1, 0.15) is 24.8 Å². The predicted molar refractivity (Wildman–Crippen MR) is 88.2 cm³/mol. The van der Waals surface area contributed by atoms with Gasteiger partial charge in [0.05, 0.1) is 7.11 Å². The number of benzene rings is 1. The van der Waals surface area contributed by atoms with E-state index in [1.807, 2.05) is 12.1 Å². The highest BCUT2D eigenvalue weighted by Gasteiger charge is 2.30. The third kappa shape index (κ3) is 4.21. The van der Waals surface area contributed by atoms with Gasteiger partial charge in [0.25, 0.3) is 10.2 Å². The van der Waals surface area contributed by atoms with Crippen molar-refractivity contribution >= 4 is 10.2 Å². The first-order valence-electron chi connectivity index (χ1n) is 7.74. The van der Waals surface area contributed by atoms with Gasteiger partial charge in [0, 0.05) is 27.2 Å². The fourth-order valence-electron chi connectivity index (χ4n) is 2.87. The molecule has 5 nitrogen and oxygen atoms in total. The van der Waals surface area contributed by atoms with Crippen molar-refractivity contribution in [3.8, 4) is 5.75 Å². The molecule has 1 heterocycles. The minimum Gasteiger partial charge on any atom is -0.497 e. The Morgan fingerprint density at radius 2 is 1.95 bits per heavy atom. The Labute approximate surface area is 134 Å². The van der Waals surface area contributed by atoms with Crippen LogP contribution < -0.4 is 4.74 Å². The van der Waals surface area contributed by atoms with Crippen LogP contribution in [0.2, 0.25) is 0 Å². The second-order valence-electron chi connectivity index (χ2n) is 6.04. The molecular formula is C16H26N2O3S. The normalized spacial score (nSPS) is 20.3. The van der Waals surface area contributed by atoms with Gasteiger partial charge in [-0.2, -0.15) is 17.0 Å². The number of ether oxygens (including phenoxy) is 1.